The number of amides is 2. The predicted molar refractivity (Wildman–Crippen MR) is 129 cm³/mol. The number of nitrogens with zero attached hydrogens (tertiary/aromatic N) is 4. The second-order valence-electron chi connectivity index (χ2n) is 7.40. The Balaban J connectivity index is 1.39. The first-order valence-electron chi connectivity index (χ1n) is 9.94. The van der Waals surface area contributed by atoms with Crippen LogP contribution in [0.1, 0.15) is 35.4 Å². The number of thiophene rings is 1. The molecule has 0 spiro atoms. The van der Waals surface area contributed by atoms with Gasteiger partial charge in [0.25, 0.3) is 5.91 Å². The fraction of sp³-hybridized carbons (Fsp3) is 0.286. The largest absolute Gasteiger partial charge is 0.341 e. The van der Waals surface area contributed by atoms with Gasteiger partial charge in [-0.05, 0) is 29.5 Å². The molecule has 0 fully saturated rings. The standard InChI is InChI=1S/C21H22N6O2S3/c1-12(2)17(24-19(29)15-9-6-10-30-15)18-25-26-21(27(18)3)31-11-16(28)23-20-22-13-7-4-5-8-14(13)32-20/h4-10,12,17H,11H2,1-3H3,(H,24,29)(H,22,23,28)/t17-/m0/s1. The molecule has 0 aliphatic carbocycles. The molecule has 0 saturated carbocycles. The summed E-state index contributed by atoms with van der Waals surface area (Å²) in [6.07, 6.45) is 0. The van der Waals surface area contributed by atoms with Gasteiger partial charge in [0, 0.05) is 7.05 Å². The highest BCUT2D eigenvalue weighted by Gasteiger charge is 2.25. The van der Waals surface area contributed by atoms with E-state index in [-0.39, 0.29) is 29.5 Å². The summed E-state index contributed by atoms with van der Waals surface area (Å²) in [5, 5.41) is 17.5. The van der Waals surface area contributed by atoms with Crippen molar-refractivity contribution in [1.82, 2.24) is 25.1 Å². The van der Waals surface area contributed by atoms with E-state index in [4.69, 9.17) is 0 Å². The number of benzene rings is 1. The molecule has 3 aromatic heterocycles. The lowest BCUT2D eigenvalue weighted by Gasteiger charge is -2.21. The SMILES string of the molecule is CC(C)[C@H](NC(=O)c1cccs1)c1nnc(SCC(=O)Nc2nc3ccccc3s2)n1C. The van der Waals surface area contributed by atoms with Gasteiger partial charge in [0.1, 0.15) is 0 Å². The van der Waals surface area contributed by atoms with Crippen LogP contribution in [0.15, 0.2) is 46.9 Å². The Hall–Kier alpha value is -2.76. The highest BCUT2D eigenvalue weighted by molar-refractivity contribution is 7.99. The van der Waals surface area contributed by atoms with Gasteiger partial charge in [-0.1, -0.05) is 55.1 Å². The van der Waals surface area contributed by atoms with E-state index in [1.54, 1.807) is 6.07 Å². The average Bonchev–Trinajstić information content (AvgIpc) is 3.50. The van der Waals surface area contributed by atoms with Gasteiger partial charge in [0.05, 0.1) is 26.9 Å². The molecule has 166 valence electrons. The van der Waals surface area contributed by atoms with Crippen LogP contribution in [0, 0.1) is 5.92 Å². The number of carbonyl (C=O) groups excluding carboxylic acids is 2. The molecule has 2 N–H and O–H groups in total. The van der Waals surface area contributed by atoms with Crippen molar-refractivity contribution in [1.29, 1.82) is 0 Å². The lowest BCUT2D eigenvalue weighted by molar-refractivity contribution is -0.113. The summed E-state index contributed by atoms with van der Waals surface area (Å²) in [5.41, 5.74) is 0.864. The monoisotopic (exact) mass is 486 g/mol. The van der Waals surface area contributed by atoms with E-state index < -0.39 is 0 Å². The van der Waals surface area contributed by atoms with Gasteiger partial charge in [-0.25, -0.2) is 4.98 Å². The lowest BCUT2D eigenvalue weighted by Crippen LogP contribution is -2.33. The van der Waals surface area contributed by atoms with Crippen molar-refractivity contribution >= 4 is 61.6 Å². The van der Waals surface area contributed by atoms with Crippen LogP contribution < -0.4 is 10.6 Å². The Morgan fingerprint density at radius 2 is 1.97 bits per heavy atom. The Morgan fingerprint density at radius 3 is 2.69 bits per heavy atom. The number of rotatable bonds is 8. The van der Waals surface area contributed by atoms with Gasteiger partial charge in [-0.2, -0.15) is 0 Å². The highest BCUT2D eigenvalue weighted by Crippen LogP contribution is 2.27. The van der Waals surface area contributed by atoms with Gasteiger partial charge >= 0.3 is 0 Å². The molecule has 0 aliphatic rings. The summed E-state index contributed by atoms with van der Waals surface area (Å²) in [6, 6.07) is 11.1. The van der Waals surface area contributed by atoms with Gasteiger partial charge in [-0.3, -0.25) is 9.59 Å². The molecule has 4 aromatic rings. The number of thiazole rings is 1. The van der Waals surface area contributed by atoms with Crippen LogP contribution in [0.25, 0.3) is 10.2 Å². The van der Waals surface area contributed by atoms with Crippen molar-refractivity contribution in [3.8, 4) is 0 Å². The number of para-hydroxylation sites is 1. The second kappa shape index (κ2) is 9.80. The maximum Gasteiger partial charge on any atom is 0.261 e. The fourth-order valence-corrected chi connectivity index (χ4v) is 5.31. The summed E-state index contributed by atoms with van der Waals surface area (Å²) in [7, 11) is 1.84. The van der Waals surface area contributed by atoms with Gasteiger partial charge < -0.3 is 15.2 Å². The molecule has 0 unspecified atom stereocenters. The minimum atomic E-state index is -0.298. The molecule has 11 heteroatoms. The molecule has 0 radical (unpaired) electrons. The van der Waals surface area contributed by atoms with Crippen LogP contribution in [-0.4, -0.2) is 37.3 Å². The third-order valence-electron chi connectivity index (χ3n) is 4.72. The Bertz CT molecular complexity index is 1200. The molecule has 2 amide bonds. The van der Waals surface area contributed by atoms with Crippen LogP contribution in [-0.2, 0) is 11.8 Å². The quantitative estimate of drug-likeness (QED) is 0.359. The van der Waals surface area contributed by atoms with Crippen molar-refractivity contribution in [3.05, 3.63) is 52.5 Å². The number of aromatic nitrogens is 4. The van der Waals surface area contributed by atoms with Gasteiger partial charge in [0.2, 0.25) is 5.91 Å². The first-order chi connectivity index (χ1) is 15.4. The highest BCUT2D eigenvalue weighted by atomic mass is 32.2. The third kappa shape index (κ3) is 5.00. The maximum atomic E-state index is 12.5. The van der Waals surface area contributed by atoms with Crippen molar-refractivity contribution in [2.45, 2.75) is 25.0 Å². The number of carbonyl (C=O) groups is 2. The van der Waals surface area contributed by atoms with Crippen molar-refractivity contribution in [3.63, 3.8) is 0 Å². The number of fused-ring (bicyclic) bond motifs is 1. The van der Waals surface area contributed by atoms with Crippen LogP contribution >= 0.6 is 34.4 Å². The zero-order chi connectivity index (χ0) is 22.7. The topological polar surface area (TPSA) is 102 Å². The van der Waals surface area contributed by atoms with Crippen molar-refractivity contribution in [2.24, 2.45) is 13.0 Å². The minimum absolute atomic E-state index is 0.113. The van der Waals surface area contributed by atoms with Crippen LogP contribution in [0.4, 0.5) is 5.13 Å². The Labute approximate surface area is 197 Å². The summed E-state index contributed by atoms with van der Waals surface area (Å²) >= 11 is 4.13. The number of nitrogens with one attached hydrogen (secondary N) is 2. The molecule has 8 nitrogen and oxygen atoms in total. The van der Waals surface area contributed by atoms with E-state index in [1.165, 1.54) is 34.4 Å². The van der Waals surface area contributed by atoms with Gasteiger partial charge in [-0.15, -0.1) is 21.5 Å². The van der Waals surface area contributed by atoms with E-state index in [0.717, 1.165) is 10.2 Å². The van der Waals surface area contributed by atoms with E-state index in [0.29, 0.717) is 21.0 Å². The number of thioether (sulfide) groups is 1. The summed E-state index contributed by atoms with van der Waals surface area (Å²) < 4.78 is 2.85. The number of hydrogen-bond acceptors (Lipinski definition) is 8. The van der Waals surface area contributed by atoms with Crippen molar-refractivity contribution in [2.75, 3.05) is 11.1 Å². The van der Waals surface area contributed by atoms with E-state index in [9.17, 15) is 9.59 Å². The average molecular weight is 487 g/mol. The lowest BCUT2D eigenvalue weighted by atomic mass is 10.0. The molecule has 0 aliphatic heterocycles. The first kappa shape index (κ1) is 22.4. The molecule has 0 bridgehead atoms. The molecule has 4 rings (SSSR count). The summed E-state index contributed by atoms with van der Waals surface area (Å²) in [5.74, 6) is 0.646. The zero-order valence-electron chi connectivity index (χ0n) is 17.7. The predicted octanol–water partition coefficient (Wildman–Crippen LogP) is 4.34. The minimum Gasteiger partial charge on any atom is -0.341 e. The third-order valence-corrected chi connectivity index (χ3v) is 7.56. The Morgan fingerprint density at radius 1 is 1.16 bits per heavy atom. The molecule has 1 aromatic carbocycles. The summed E-state index contributed by atoms with van der Waals surface area (Å²) in [6.45, 7) is 4.04. The van der Waals surface area contributed by atoms with Crippen LogP contribution in [0.3, 0.4) is 0 Å². The van der Waals surface area contributed by atoms with Crippen LogP contribution in [0.5, 0.6) is 0 Å². The fourth-order valence-electron chi connectivity index (χ4n) is 3.08. The van der Waals surface area contributed by atoms with E-state index in [1.807, 2.05) is 61.2 Å². The number of hydrogen-bond donors (Lipinski definition) is 2. The Kier molecular flexibility index (Phi) is 6.87. The molecule has 1 atom stereocenters. The normalized spacial score (nSPS) is 12.2. The van der Waals surface area contributed by atoms with Crippen molar-refractivity contribution < 1.29 is 9.59 Å². The number of anilines is 1. The summed E-state index contributed by atoms with van der Waals surface area (Å²) in [4.78, 5) is 30.0. The van der Waals surface area contributed by atoms with Crippen LogP contribution in [0.2, 0.25) is 0 Å². The maximum absolute atomic E-state index is 12.5. The molecule has 0 saturated heterocycles. The molecular formula is C21H22N6O2S3. The molecule has 3 heterocycles. The molecular weight excluding hydrogens is 464 g/mol. The molecule has 32 heavy (non-hydrogen) atoms. The van der Waals surface area contributed by atoms with Gasteiger partial charge in [0.15, 0.2) is 16.1 Å². The van der Waals surface area contributed by atoms with E-state index in [2.05, 4.69) is 25.8 Å². The second-order valence-corrected chi connectivity index (χ2v) is 10.3. The zero-order valence-corrected chi connectivity index (χ0v) is 20.2. The first-order valence-corrected chi connectivity index (χ1v) is 12.6. The smallest absolute Gasteiger partial charge is 0.261 e. The van der Waals surface area contributed by atoms with E-state index >= 15 is 0 Å².